The maximum Gasteiger partial charge on any atom is 0.253 e. The Labute approximate surface area is 116 Å². The summed E-state index contributed by atoms with van der Waals surface area (Å²) in [7, 11) is 1.95. The molecule has 20 heavy (non-hydrogen) atoms. The summed E-state index contributed by atoms with van der Waals surface area (Å²) in [6.45, 7) is 0.565. The van der Waals surface area contributed by atoms with Crippen molar-refractivity contribution >= 4 is 16.8 Å². The molecule has 0 aliphatic carbocycles. The van der Waals surface area contributed by atoms with Gasteiger partial charge in [-0.1, -0.05) is 18.2 Å². The Balaban J connectivity index is 1.72. The molecule has 0 radical (unpaired) electrons. The third kappa shape index (κ3) is 2.30. The number of hydrogen-bond acceptors (Lipinski definition) is 2. The number of H-pyrrole nitrogens is 1. The van der Waals surface area contributed by atoms with Crippen molar-refractivity contribution in [3.8, 4) is 0 Å². The normalized spacial score (nSPS) is 10.8. The molecule has 0 aliphatic heterocycles. The van der Waals surface area contributed by atoms with Crippen LogP contribution in [-0.4, -0.2) is 27.0 Å². The molecular formula is C15H16N4O. The molecule has 0 atom stereocenters. The van der Waals surface area contributed by atoms with E-state index in [1.807, 2.05) is 42.1 Å². The van der Waals surface area contributed by atoms with Gasteiger partial charge in [-0.05, 0) is 6.07 Å². The topological polar surface area (TPSA) is 62.7 Å². The molecule has 0 fully saturated rings. The van der Waals surface area contributed by atoms with Gasteiger partial charge in [-0.2, -0.15) is 0 Å². The van der Waals surface area contributed by atoms with Crippen molar-refractivity contribution in [2.75, 3.05) is 6.54 Å². The molecule has 3 aromatic rings. The van der Waals surface area contributed by atoms with Crippen molar-refractivity contribution in [1.82, 2.24) is 19.9 Å². The molecule has 2 N–H and O–H groups in total. The second kappa shape index (κ2) is 5.21. The second-order valence-electron chi connectivity index (χ2n) is 4.71. The van der Waals surface area contributed by atoms with E-state index in [0.29, 0.717) is 18.5 Å². The smallest absolute Gasteiger partial charge is 0.253 e. The minimum absolute atomic E-state index is 0.0478. The Morgan fingerprint density at radius 3 is 3.05 bits per heavy atom. The lowest BCUT2D eigenvalue weighted by atomic mass is 10.1. The third-order valence-electron chi connectivity index (χ3n) is 3.34. The van der Waals surface area contributed by atoms with E-state index in [1.54, 1.807) is 12.4 Å². The number of aromatic nitrogens is 3. The van der Waals surface area contributed by atoms with Crippen LogP contribution in [0, 0.1) is 0 Å². The highest BCUT2D eigenvalue weighted by Gasteiger charge is 2.12. The van der Waals surface area contributed by atoms with Gasteiger partial charge in [-0.25, -0.2) is 4.98 Å². The van der Waals surface area contributed by atoms with Gasteiger partial charge in [0.15, 0.2) is 0 Å². The summed E-state index contributed by atoms with van der Waals surface area (Å²) < 4.78 is 1.97. The summed E-state index contributed by atoms with van der Waals surface area (Å²) in [5.74, 6) is 0.830. The number of hydrogen-bond donors (Lipinski definition) is 2. The van der Waals surface area contributed by atoms with E-state index in [4.69, 9.17) is 0 Å². The average Bonchev–Trinajstić information content (AvgIpc) is 3.08. The maximum absolute atomic E-state index is 12.2. The third-order valence-corrected chi connectivity index (χ3v) is 3.34. The molecule has 3 rings (SSSR count). The van der Waals surface area contributed by atoms with Crippen molar-refractivity contribution in [3.63, 3.8) is 0 Å². The first-order valence-electron chi connectivity index (χ1n) is 6.56. The van der Waals surface area contributed by atoms with Crippen LogP contribution in [0.2, 0.25) is 0 Å². The largest absolute Gasteiger partial charge is 0.352 e. The molecule has 2 aromatic heterocycles. The van der Waals surface area contributed by atoms with Crippen molar-refractivity contribution in [1.29, 1.82) is 0 Å². The molecule has 5 heteroatoms. The van der Waals surface area contributed by atoms with Gasteiger partial charge in [0.1, 0.15) is 5.82 Å². The number of carbonyl (C=O) groups excluding carboxylic acids is 1. The summed E-state index contributed by atoms with van der Waals surface area (Å²) in [6, 6.07) is 7.90. The molecule has 0 spiro atoms. The molecule has 0 bridgehead atoms. The van der Waals surface area contributed by atoms with Crippen LogP contribution < -0.4 is 5.32 Å². The summed E-state index contributed by atoms with van der Waals surface area (Å²) in [6.07, 6.45) is 6.06. The fraction of sp³-hybridized carbons (Fsp3) is 0.200. The molecule has 0 unspecified atom stereocenters. The van der Waals surface area contributed by atoms with Gasteiger partial charge in [-0.15, -0.1) is 0 Å². The van der Waals surface area contributed by atoms with Gasteiger partial charge in [0.05, 0.1) is 5.56 Å². The number of carbonyl (C=O) groups is 1. The number of nitrogens with zero attached hydrogens (tertiary/aromatic N) is 2. The Hall–Kier alpha value is -2.56. The highest BCUT2D eigenvalue weighted by molar-refractivity contribution is 6.06. The molecule has 2 heterocycles. The Morgan fingerprint density at radius 2 is 2.25 bits per heavy atom. The standard InChI is InChI=1S/C15H16N4O/c1-19-10-12(11-4-2-3-5-13(11)19)15(20)18-7-6-14-16-8-9-17-14/h2-5,8-10H,6-7H2,1H3,(H,16,17)(H,18,20). The van der Waals surface area contributed by atoms with Crippen LogP contribution in [0.1, 0.15) is 16.2 Å². The van der Waals surface area contributed by atoms with Crippen LogP contribution >= 0.6 is 0 Å². The first-order chi connectivity index (χ1) is 9.75. The molecule has 5 nitrogen and oxygen atoms in total. The summed E-state index contributed by atoms with van der Waals surface area (Å²) in [5, 5.41) is 3.91. The fourth-order valence-electron chi connectivity index (χ4n) is 2.35. The number of rotatable bonds is 4. The van der Waals surface area contributed by atoms with Crippen LogP contribution in [0.25, 0.3) is 10.9 Å². The fourth-order valence-corrected chi connectivity index (χ4v) is 2.35. The number of fused-ring (bicyclic) bond motifs is 1. The van der Waals surface area contributed by atoms with Crippen molar-refractivity contribution in [3.05, 3.63) is 54.2 Å². The first kappa shape index (κ1) is 12.5. The molecule has 0 aliphatic rings. The van der Waals surface area contributed by atoms with Crippen LogP contribution in [0.15, 0.2) is 42.9 Å². The van der Waals surface area contributed by atoms with Gasteiger partial charge in [0.2, 0.25) is 0 Å². The van der Waals surface area contributed by atoms with Crippen LogP contribution in [0.5, 0.6) is 0 Å². The highest BCUT2D eigenvalue weighted by atomic mass is 16.1. The van der Waals surface area contributed by atoms with Crippen molar-refractivity contribution in [2.24, 2.45) is 7.05 Å². The van der Waals surface area contributed by atoms with Gasteiger partial charge in [0.25, 0.3) is 5.91 Å². The molecule has 1 aromatic carbocycles. The van der Waals surface area contributed by atoms with E-state index in [2.05, 4.69) is 15.3 Å². The Bertz CT molecular complexity index is 728. The van der Waals surface area contributed by atoms with E-state index in [9.17, 15) is 4.79 Å². The predicted molar refractivity (Wildman–Crippen MR) is 77.5 cm³/mol. The van der Waals surface area contributed by atoms with Gasteiger partial charge in [0, 0.05) is 49.5 Å². The number of amides is 1. The molecular weight excluding hydrogens is 252 g/mol. The van der Waals surface area contributed by atoms with Crippen molar-refractivity contribution in [2.45, 2.75) is 6.42 Å². The first-order valence-corrected chi connectivity index (χ1v) is 6.56. The van der Waals surface area contributed by atoms with Crippen LogP contribution in [-0.2, 0) is 13.5 Å². The maximum atomic E-state index is 12.2. The number of para-hydroxylation sites is 1. The van der Waals surface area contributed by atoms with Crippen molar-refractivity contribution < 1.29 is 4.79 Å². The van der Waals surface area contributed by atoms with Gasteiger partial charge in [-0.3, -0.25) is 4.79 Å². The van der Waals surface area contributed by atoms with Crippen LogP contribution in [0.3, 0.4) is 0 Å². The zero-order valence-electron chi connectivity index (χ0n) is 11.3. The number of aryl methyl sites for hydroxylation is 1. The minimum Gasteiger partial charge on any atom is -0.352 e. The molecule has 0 saturated heterocycles. The highest BCUT2D eigenvalue weighted by Crippen LogP contribution is 2.19. The van der Waals surface area contributed by atoms with E-state index >= 15 is 0 Å². The quantitative estimate of drug-likeness (QED) is 0.759. The molecule has 0 saturated carbocycles. The van der Waals surface area contributed by atoms with Gasteiger partial charge < -0.3 is 14.9 Å². The predicted octanol–water partition coefficient (Wildman–Crippen LogP) is 1.87. The molecule has 102 valence electrons. The summed E-state index contributed by atoms with van der Waals surface area (Å²) in [4.78, 5) is 19.4. The minimum atomic E-state index is -0.0478. The number of nitrogens with one attached hydrogen (secondary N) is 2. The summed E-state index contributed by atoms with van der Waals surface area (Å²) >= 11 is 0. The average molecular weight is 268 g/mol. The lowest BCUT2D eigenvalue weighted by Crippen LogP contribution is -2.25. The molecule has 1 amide bonds. The second-order valence-corrected chi connectivity index (χ2v) is 4.71. The van der Waals surface area contributed by atoms with E-state index in [0.717, 1.165) is 16.7 Å². The monoisotopic (exact) mass is 268 g/mol. The Kier molecular flexibility index (Phi) is 3.25. The van der Waals surface area contributed by atoms with Gasteiger partial charge >= 0.3 is 0 Å². The summed E-state index contributed by atoms with van der Waals surface area (Å²) in [5.41, 5.74) is 1.77. The number of imidazole rings is 1. The van der Waals surface area contributed by atoms with E-state index in [1.165, 1.54) is 0 Å². The van der Waals surface area contributed by atoms with Crippen LogP contribution in [0.4, 0.5) is 0 Å². The van der Waals surface area contributed by atoms with E-state index in [-0.39, 0.29) is 5.91 Å². The Morgan fingerprint density at radius 1 is 1.40 bits per heavy atom. The number of aromatic amines is 1. The van der Waals surface area contributed by atoms with E-state index < -0.39 is 0 Å². The number of benzene rings is 1. The SMILES string of the molecule is Cn1cc(C(=O)NCCc2ncc[nH]2)c2ccccc21. The zero-order chi connectivity index (χ0) is 13.9. The lowest BCUT2D eigenvalue weighted by Gasteiger charge is -2.02. The zero-order valence-corrected chi connectivity index (χ0v) is 11.3. The lowest BCUT2D eigenvalue weighted by molar-refractivity contribution is 0.0955.